The first-order valence-corrected chi connectivity index (χ1v) is 6.26. The maximum atomic E-state index is 5.44. The van der Waals surface area contributed by atoms with Gasteiger partial charge >= 0.3 is 0 Å². The summed E-state index contributed by atoms with van der Waals surface area (Å²) in [6.45, 7) is 8.83. The highest BCUT2D eigenvalue weighted by atomic mass is 16.5. The Morgan fingerprint density at radius 1 is 1.26 bits per heavy atom. The Labute approximate surface area is 112 Å². The summed E-state index contributed by atoms with van der Waals surface area (Å²) in [4.78, 5) is 8.50. The number of nitrogens with one attached hydrogen (secondary N) is 1. The highest BCUT2D eigenvalue weighted by Crippen LogP contribution is 2.29. The number of hydrogen-bond donors (Lipinski definition) is 1. The smallest absolute Gasteiger partial charge is 0.206 e. The van der Waals surface area contributed by atoms with Crippen LogP contribution in [-0.2, 0) is 0 Å². The van der Waals surface area contributed by atoms with Gasteiger partial charge < -0.3 is 10.1 Å². The summed E-state index contributed by atoms with van der Waals surface area (Å²) in [5.41, 5.74) is 3.20. The van der Waals surface area contributed by atoms with Crippen molar-refractivity contribution in [3.05, 3.63) is 23.3 Å². The highest BCUT2D eigenvalue weighted by molar-refractivity contribution is 5.58. The number of nitrogens with zero attached hydrogens (tertiary/aromatic N) is 4. The van der Waals surface area contributed by atoms with E-state index in [1.165, 1.54) is 6.33 Å². The molecule has 6 nitrogen and oxygen atoms in total. The Bertz CT molecular complexity index is 591. The molecule has 2 rings (SSSR count). The molecule has 0 aliphatic rings. The number of anilines is 1. The minimum Gasteiger partial charge on any atom is -0.490 e. The van der Waals surface area contributed by atoms with E-state index in [0.717, 1.165) is 23.5 Å². The average Bonchev–Trinajstić information content (AvgIpc) is 2.66. The third kappa shape index (κ3) is 2.25. The molecule has 19 heavy (non-hydrogen) atoms. The molecule has 0 unspecified atom stereocenters. The second-order valence-corrected chi connectivity index (χ2v) is 4.32. The molecule has 0 amide bonds. The lowest BCUT2D eigenvalue weighted by atomic mass is 10.2. The summed E-state index contributed by atoms with van der Waals surface area (Å²) in [5, 5.41) is 7.67. The van der Waals surface area contributed by atoms with E-state index in [4.69, 9.17) is 4.74 Å². The third-order valence-corrected chi connectivity index (χ3v) is 3.19. The Kier molecular flexibility index (Phi) is 3.69. The second kappa shape index (κ2) is 5.26. The number of aromatic nitrogens is 4. The van der Waals surface area contributed by atoms with E-state index >= 15 is 0 Å². The lowest BCUT2D eigenvalue weighted by molar-refractivity contribution is 0.408. The molecule has 0 spiro atoms. The van der Waals surface area contributed by atoms with Gasteiger partial charge in [0.25, 0.3) is 0 Å². The van der Waals surface area contributed by atoms with Crippen molar-refractivity contribution in [1.82, 2.24) is 19.7 Å². The first kappa shape index (κ1) is 13.3. The van der Waals surface area contributed by atoms with Crippen molar-refractivity contribution >= 4 is 5.82 Å². The van der Waals surface area contributed by atoms with Gasteiger partial charge in [-0.05, 0) is 33.3 Å². The molecule has 0 aromatic carbocycles. The van der Waals surface area contributed by atoms with Crippen LogP contribution in [0.4, 0.5) is 5.82 Å². The zero-order valence-electron chi connectivity index (χ0n) is 12.0. The predicted molar refractivity (Wildman–Crippen MR) is 74.1 cm³/mol. The SMILES string of the molecule is CCNc1ncnc(-n2nc(C)c(C)c2C)c1OC. The zero-order chi connectivity index (χ0) is 14.0. The van der Waals surface area contributed by atoms with Crippen molar-refractivity contribution in [3.63, 3.8) is 0 Å². The van der Waals surface area contributed by atoms with Crippen LogP contribution in [0, 0.1) is 20.8 Å². The Morgan fingerprint density at radius 3 is 2.53 bits per heavy atom. The molecular weight excluding hydrogens is 242 g/mol. The highest BCUT2D eigenvalue weighted by Gasteiger charge is 2.17. The topological polar surface area (TPSA) is 64.9 Å². The van der Waals surface area contributed by atoms with Crippen LogP contribution in [-0.4, -0.2) is 33.4 Å². The van der Waals surface area contributed by atoms with Crippen LogP contribution in [0.15, 0.2) is 6.33 Å². The molecule has 0 atom stereocenters. The maximum absolute atomic E-state index is 5.44. The van der Waals surface area contributed by atoms with Crippen LogP contribution < -0.4 is 10.1 Å². The van der Waals surface area contributed by atoms with Gasteiger partial charge in [0, 0.05) is 12.2 Å². The summed E-state index contributed by atoms with van der Waals surface area (Å²) in [6.07, 6.45) is 1.52. The van der Waals surface area contributed by atoms with Gasteiger partial charge in [-0.1, -0.05) is 0 Å². The molecule has 0 fully saturated rings. The lowest BCUT2D eigenvalue weighted by Crippen LogP contribution is -2.09. The van der Waals surface area contributed by atoms with E-state index in [1.807, 2.05) is 27.7 Å². The minimum atomic E-state index is 0.606. The van der Waals surface area contributed by atoms with E-state index < -0.39 is 0 Å². The Hall–Kier alpha value is -2.11. The normalized spacial score (nSPS) is 10.6. The van der Waals surface area contributed by atoms with Crippen LogP contribution >= 0.6 is 0 Å². The van der Waals surface area contributed by atoms with Gasteiger partial charge in [0.15, 0.2) is 5.82 Å². The van der Waals surface area contributed by atoms with Crippen LogP contribution in [0.1, 0.15) is 23.9 Å². The monoisotopic (exact) mass is 261 g/mol. The number of hydrogen-bond acceptors (Lipinski definition) is 5. The van der Waals surface area contributed by atoms with Gasteiger partial charge in [-0.3, -0.25) is 0 Å². The molecule has 0 bridgehead atoms. The first-order chi connectivity index (χ1) is 9.10. The van der Waals surface area contributed by atoms with E-state index in [2.05, 4.69) is 20.4 Å². The summed E-state index contributed by atoms with van der Waals surface area (Å²) in [5.74, 6) is 1.94. The van der Waals surface area contributed by atoms with Crippen molar-refractivity contribution in [2.75, 3.05) is 19.0 Å². The molecule has 102 valence electrons. The van der Waals surface area contributed by atoms with Crippen LogP contribution in [0.2, 0.25) is 0 Å². The number of rotatable bonds is 4. The van der Waals surface area contributed by atoms with Gasteiger partial charge in [-0.25, -0.2) is 14.6 Å². The summed E-state index contributed by atoms with van der Waals surface area (Å²) < 4.78 is 7.24. The van der Waals surface area contributed by atoms with Gasteiger partial charge in [0.05, 0.1) is 12.8 Å². The fourth-order valence-corrected chi connectivity index (χ4v) is 1.92. The lowest BCUT2D eigenvalue weighted by Gasteiger charge is -2.13. The van der Waals surface area contributed by atoms with E-state index in [0.29, 0.717) is 17.4 Å². The van der Waals surface area contributed by atoms with E-state index in [-0.39, 0.29) is 0 Å². The fraction of sp³-hybridized carbons (Fsp3) is 0.462. The molecule has 0 aliphatic carbocycles. The summed E-state index contributed by atoms with van der Waals surface area (Å²) >= 11 is 0. The largest absolute Gasteiger partial charge is 0.490 e. The summed E-state index contributed by atoms with van der Waals surface area (Å²) in [7, 11) is 1.61. The summed E-state index contributed by atoms with van der Waals surface area (Å²) in [6, 6.07) is 0. The molecule has 2 aromatic rings. The second-order valence-electron chi connectivity index (χ2n) is 4.32. The van der Waals surface area contributed by atoms with E-state index in [1.54, 1.807) is 11.8 Å². The quantitative estimate of drug-likeness (QED) is 0.912. The number of aryl methyl sites for hydroxylation is 1. The van der Waals surface area contributed by atoms with Crippen molar-refractivity contribution in [1.29, 1.82) is 0 Å². The van der Waals surface area contributed by atoms with Crippen molar-refractivity contribution in [3.8, 4) is 11.6 Å². The van der Waals surface area contributed by atoms with Gasteiger partial charge in [-0.15, -0.1) is 0 Å². The molecule has 6 heteroatoms. The third-order valence-electron chi connectivity index (χ3n) is 3.19. The average molecular weight is 261 g/mol. The Balaban J connectivity index is 2.61. The molecule has 1 N–H and O–H groups in total. The molecule has 2 heterocycles. The van der Waals surface area contributed by atoms with Crippen LogP contribution in [0.5, 0.6) is 5.75 Å². The molecule has 2 aromatic heterocycles. The molecule has 0 saturated carbocycles. The van der Waals surface area contributed by atoms with Crippen LogP contribution in [0.25, 0.3) is 5.82 Å². The standard InChI is InChI=1S/C13H19N5O/c1-6-14-12-11(19-5)13(16-7-15-12)18-10(4)8(2)9(3)17-18/h7H,6H2,1-5H3,(H,14,15,16). The van der Waals surface area contributed by atoms with Crippen molar-refractivity contribution < 1.29 is 4.74 Å². The Morgan fingerprint density at radius 2 is 2.00 bits per heavy atom. The fourth-order valence-electron chi connectivity index (χ4n) is 1.92. The van der Waals surface area contributed by atoms with Gasteiger partial charge in [0.2, 0.25) is 11.6 Å². The van der Waals surface area contributed by atoms with Crippen LogP contribution in [0.3, 0.4) is 0 Å². The molecular formula is C13H19N5O. The van der Waals surface area contributed by atoms with Gasteiger partial charge in [0.1, 0.15) is 6.33 Å². The minimum absolute atomic E-state index is 0.606. The molecule has 0 radical (unpaired) electrons. The van der Waals surface area contributed by atoms with Gasteiger partial charge in [-0.2, -0.15) is 5.10 Å². The zero-order valence-corrected chi connectivity index (χ0v) is 12.0. The van der Waals surface area contributed by atoms with E-state index in [9.17, 15) is 0 Å². The molecule has 0 saturated heterocycles. The van der Waals surface area contributed by atoms with Crippen molar-refractivity contribution in [2.45, 2.75) is 27.7 Å². The van der Waals surface area contributed by atoms with Crippen molar-refractivity contribution in [2.24, 2.45) is 0 Å². The molecule has 0 aliphatic heterocycles. The number of ether oxygens (including phenoxy) is 1. The number of methoxy groups -OCH3 is 1. The maximum Gasteiger partial charge on any atom is 0.206 e. The predicted octanol–water partition coefficient (Wildman–Crippen LogP) is 2.03. The first-order valence-electron chi connectivity index (χ1n) is 6.26.